The molecule has 1 aromatic rings. The van der Waals surface area contributed by atoms with E-state index < -0.39 is 11.7 Å². The lowest BCUT2D eigenvalue weighted by Gasteiger charge is -2.27. The molecule has 0 unspecified atom stereocenters. The lowest BCUT2D eigenvalue weighted by Crippen LogP contribution is -2.38. The molecule has 2 aliphatic rings. The van der Waals surface area contributed by atoms with E-state index in [1.807, 2.05) is 0 Å². The maximum atomic E-state index is 13.6. The van der Waals surface area contributed by atoms with Crippen LogP contribution in [0.1, 0.15) is 32.7 Å². The number of hydrogen-bond donors (Lipinski definition) is 1. The molecule has 1 fully saturated rings. The molecular formula is C16H20FN3O3. The molecular weight excluding hydrogens is 301 g/mol. The molecule has 0 bridgehead atoms. The van der Waals surface area contributed by atoms with E-state index in [1.54, 1.807) is 4.90 Å². The van der Waals surface area contributed by atoms with E-state index in [2.05, 4.69) is 4.90 Å². The van der Waals surface area contributed by atoms with Crippen LogP contribution in [-0.4, -0.2) is 61.0 Å². The molecule has 7 heteroatoms. The summed E-state index contributed by atoms with van der Waals surface area (Å²) >= 11 is 0. The third-order valence-corrected chi connectivity index (χ3v) is 4.32. The molecule has 1 saturated heterocycles. The number of halogens is 1. The van der Waals surface area contributed by atoms with E-state index in [9.17, 15) is 14.0 Å². The van der Waals surface area contributed by atoms with Gasteiger partial charge in [-0.1, -0.05) is 0 Å². The molecule has 0 saturated carbocycles. The number of carbonyl (C=O) groups is 2. The third-order valence-electron chi connectivity index (χ3n) is 4.32. The molecule has 124 valence electrons. The molecule has 2 heterocycles. The van der Waals surface area contributed by atoms with Crippen LogP contribution in [0.2, 0.25) is 0 Å². The van der Waals surface area contributed by atoms with Crippen molar-refractivity contribution in [2.24, 2.45) is 5.73 Å². The smallest absolute Gasteiger partial charge is 0.255 e. The van der Waals surface area contributed by atoms with Crippen molar-refractivity contribution in [2.45, 2.75) is 13.0 Å². The Hall–Kier alpha value is -1.99. The number of hydrogen-bond acceptors (Lipinski definition) is 4. The highest BCUT2D eigenvalue weighted by Crippen LogP contribution is 2.27. The minimum absolute atomic E-state index is 0.0271. The largest absolute Gasteiger partial charge is 0.379 e. The van der Waals surface area contributed by atoms with Crippen LogP contribution in [-0.2, 0) is 11.3 Å². The molecule has 0 spiro atoms. The molecule has 2 N–H and O–H groups in total. The van der Waals surface area contributed by atoms with Crippen molar-refractivity contribution < 1.29 is 18.7 Å². The summed E-state index contributed by atoms with van der Waals surface area (Å²) in [5.41, 5.74) is 6.03. The van der Waals surface area contributed by atoms with Crippen molar-refractivity contribution in [1.29, 1.82) is 0 Å². The van der Waals surface area contributed by atoms with Crippen LogP contribution in [0.5, 0.6) is 0 Å². The summed E-state index contributed by atoms with van der Waals surface area (Å²) in [6, 6.07) is 2.35. The molecule has 6 nitrogen and oxygen atoms in total. The van der Waals surface area contributed by atoms with Gasteiger partial charge in [0, 0.05) is 32.7 Å². The highest BCUT2D eigenvalue weighted by Gasteiger charge is 2.31. The number of fused-ring (bicyclic) bond motifs is 1. The summed E-state index contributed by atoms with van der Waals surface area (Å²) in [5.74, 6) is -1.56. The lowest BCUT2D eigenvalue weighted by molar-refractivity contribution is 0.0358. The van der Waals surface area contributed by atoms with Crippen LogP contribution >= 0.6 is 0 Å². The molecule has 0 aromatic heterocycles. The Labute approximate surface area is 134 Å². The van der Waals surface area contributed by atoms with Gasteiger partial charge < -0.3 is 15.4 Å². The zero-order chi connectivity index (χ0) is 16.4. The Balaban J connectivity index is 1.64. The predicted molar refractivity (Wildman–Crippen MR) is 81.5 cm³/mol. The van der Waals surface area contributed by atoms with Crippen molar-refractivity contribution in [3.05, 3.63) is 34.6 Å². The van der Waals surface area contributed by atoms with Gasteiger partial charge in [-0.3, -0.25) is 14.5 Å². The molecule has 3 rings (SSSR count). The van der Waals surface area contributed by atoms with Gasteiger partial charge in [0.05, 0.1) is 24.3 Å². The highest BCUT2D eigenvalue weighted by molar-refractivity contribution is 6.09. The summed E-state index contributed by atoms with van der Waals surface area (Å²) < 4.78 is 18.9. The Bertz CT molecular complexity index is 629. The van der Waals surface area contributed by atoms with Crippen LogP contribution in [0.15, 0.2) is 12.1 Å². The van der Waals surface area contributed by atoms with E-state index in [0.717, 1.165) is 45.3 Å². The highest BCUT2D eigenvalue weighted by atomic mass is 19.1. The van der Waals surface area contributed by atoms with Gasteiger partial charge in [0.1, 0.15) is 5.82 Å². The fourth-order valence-electron chi connectivity index (χ4n) is 3.16. The second kappa shape index (κ2) is 6.64. The maximum Gasteiger partial charge on any atom is 0.255 e. The first-order valence-corrected chi connectivity index (χ1v) is 7.78. The summed E-state index contributed by atoms with van der Waals surface area (Å²) in [5, 5.41) is 0. The van der Waals surface area contributed by atoms with Crippen molar-refractivity contribution >= 4 is 11.8 Å². The SMILES string of the molecule is NC(=O)c1cc(F)cc2c1C(=O)N(CCCN1CCOCC1)C2. The summed E-state index contributed by atoms with van der Waals surface area (Å²) in [6.07, 6.45) is 0.827. The Kier molecular flexibility index (Phi) is 4.58. The fourth-order valence-corrected chi connectivity index (χ4v) is 3.16. The van der Waals surface area contributed by atoms with E-state index in [-0.39, 0.29) is 17.0 Å². The van der Waals surface area contributed by atoms with Crippen molar-refractivity contribution in [2.75, 3.05) is 39.4 Å². The molecule has 23 heavy (non-hydrogen) atoms. The summed E-state index contributed by atoms with van der Waals surface area (Å²) in [4.78, 5) is 27.9. The van der Waals surface area contributed by atoms with Crippen LogP contribution in [0.25, 0.3) is 0 Å². The molecule has 2 aliphatic heterocycles. The number of amides is 2. The number of morpholine rings is 1. The third kappa shape index (κ3) is 3.35. The van der Waals surface area contributed by atoms with Crippen LogP contribution in [0.3, 0.4) is 0 Å². The van der Waals surface area contributed by atoms with E-state index in [1.165, 1.54) is 6.07 Å². The number of benzene rings is 1. The normalized spacial score (nSPS) is 18.3. The van der Waals surface area contributed by atoms with Crippen LogP contribution in [0.4, 0.5) is 4.39 Å². The molecule has 2 amide bonds. The molecule has 1 aromatic carbocycles. The Morgan fingerprint density at radius 3 is 2.70 bits per heavy atom. The predicted octanol–water partition coefficient (Wildman–Crippen LogP) is 0.603. The first-order chi connectivity index (χ1) is 11.1. The minimum Gasteiger partial charge on any atom is -0.379 e. The average Bonchev–Trinajstić information content (AvgIpc) is 2.83. The quantitative estimate of drug-likeness (QED) is 0.862. The minimum atomic E-state index is -0.774. The maximum absolute atomic E-state index is 13.6. The molecule has 0 aliphatic carbocycles. The average molecular weight is 321 g/mol. The Morgan fingerprint density at radius 1 is 1.26 bits per heavy atom. The summed E-state index contributed by atoms with van der Waals surface area (Å²) in [7, 11) is 0. The second-order valence-corrected chi connectivity index (χ2v) is 5.89. The number of carbonyl (C=O) groups excluding carboxylic acids is 2. The second-order valence-electron chi connectivity index (χ2n) is 5.89. The van der Waals surface area contributed by atoms with Gasteiger partial charge in [0.15, 0.2) is 0 Å². The number of rotatable bonds is 5. The van der Waals surface area contributed by atoms with Crippen LogP contribution in [0, 0.1) is 5.82 Å². The number of nitrogens with two attached hydrogens (primary N) is 1. The zero-order valence-electron chi connectivity index (χ0n) is 12.9. The van der Waals surface area contributed by atoms with Gasteiger partial charge in [0.2, 0.25) is 5.91 Å². The molecule has 0 atom stereocenters. The first-order valence-electron chi connectivity index (χ1n) is 7.78. The monoisotopic (exact) mass is 321 g/mol. The van der Waals surface area contributed by atoms with E-state index in [0.29, 0.717) is 18.7 Å². The van der Waals surface area contributed by atoms with Crippen molar-refractivity contribution in [1.82, 2.24) is 9.80 Å². The number of primary amides is 1. The van der Waals surface area contributed by atoms with E-state index in [4.69, 9.17) is 10.5 Å². The molecule has 0 radical (unpaired) electrons. The summed E-state index contributed by atoms with van der Waals surface area (Å²) in [6.45, 7) is 5.10. The number of ether oxygens (including phenoxy) is 1. The van der Waals surface area contributed by atoms with Gasteiger partial charge in [-0.15, -0.1) is 0 Å². The lowest BCUT2D eigenvalue weighted by atomic mass is 10.0. The Morgan fingerprint density at radius 2 is 2.00 bits per heavy atom. The van der Waals surface area contributed by atoms with Crippen molar-refractivity contribution in [3.8, 4) is 0 Å². The topological polar surface area (TPSA) is 75.9 Å². The van der Waals surface area contributed by atoms with Gasteiger partial charge in [0.25, 0.3) is 5.91 Å². The standard InChI is InChI=1S/C16H20FN3O3/c17-12-8-11-10-20(3-1-2-19-4-6-23-7-5-19)16(22)14(11)13(9-12)15(18)21/h8-9H,1-7,10H2,(H2,18,21). The van der Waals surface area contributed by atoms with Crippen LogP contribution < -0.4 is 5.73 Å². The number of nitrogens with zero attached hydrogens (tertiary/aromatic N) is 2. The van der Waals surface area contributed by atoms with Gasteiger partial charge in [-0.2, -0.15) is 0 Å². The fraction of sp³-hybridized carbons (Fsp3) is 0.500. The van der Waals surface area contributed by atoms with Gasteiger partial charge >= 0.3 is 0 Å². The van der Waals surface area contributed by atoms with E-state index >= 15 is 0 Å². The first kappa shape index (κ1) is 15.9. The van der Waals surface area contributed by atoms with Crippen molar-refractivity contribution in [3.63, 3.8) is 0 Å². The zero-order valence-corrected chi connectivity index (χ0v) is 12.9. The van der Waals surface area contributed by atoms with Gasteiger partial charge in [-0.25, -0.2) is 4.39 Å². The van der Waals surface area contributed by atoms with Gasteiger partial charge in [-0.05, 0) is 24.1 Å².